The van der Waals surface area contributed by atoms with Crippen molar-refractivity contribution in [3.8, 4) is 5.75 Å². The Hall–Kier alpha value is -3.46. The molecule has 4 rings (SSSR count). The lowest BCUT2D eigenvalue weighted by atomic mass is 10.1. The van der Waals surface area contributed by atoms with Gasteiger partial charge in [-0.15, -0.1) is 0 Å². The molecule has 0 aliphatic carbocycles. The summed E-state index contributed by atoms with van der Waals surface area (Å²) in [7, 11) is 0. The Morgan fingerprint density at radius 3 is 2.49 bits per heavy atom. The number of carbonyl (C=O) groups excluding carboxylic acids is 3. The monoisotopic (exact) mass is 611 g/mol. The zero-order chi connectivity index (χ0) is 29.7. The third-order valence-corrected chi connectivity index (χ3v) is 8.15. The molecule has 214 valence electrons. The quantitative estimate of drug-likeness (QED) is 0.236. The minimum absolute atomic E-state index is 0.179. The van der Waals surface area contributed by atoms with Crippen LogP contribution >= 0.6 is 35.0 Å². The van der Waals surface area contributed by atoms with Crippen LogP contribution in [-0.2, 0) is 16.2 Å². The standard InChI is InChI=1S/C31H31Cl2N3O4S/c1-5-35(6-2)24-12-10-21(27(16-24)40-18-22-9-11-23(32)15-25(22)33)14-28-30(38)36(31(39)41-28)17-29(37)34-26-13-19(3)7-8-20(26)4/h7-16H,5-6,17-18H2,1-4H3,(H,34,37)/b28-14+. The number of nitrogens with one attached hydrogen (secondary N) is 1. The molecule has 1 N–H and O–H groups in total. The Labute approximate surface area is 254 Å². The number of hydrogen-bond acceptors (Lipinski definition) is 6. The summed E-state index contributed by atoms with van der Waals surface area (Å²) in [6.07, 6.45) is 1.62. The Kier molecular flexibility index (Phi) is 10.0. The van der Waals surface area contributed by atoms with Gasteiger partial charge in [-0.2, -0.15) is 0 Å². The fourth-order valence-corrected chi connectivity index (χ4v) is 5.62. The summed E-state index contributed by atoms with van der Waals surface area (Å²) < 4.78 is 6.19. The van der Waals surface area contributed by atoms with E-state index in [-0.39, 0.29) is 18.1 Å². The van der Waals surface area contributed by atoms with Crippen LogP contribution in [-0.4, -0.2) is 41.6 Å². The number of aryl methyl sites for hydroxylation is 2. The van der Waals surface area contributed by atoms with Crippen LogP contribution in [0.1, 0.15) is 36.1 Å². The number of halogens is 2. The summed E-state index contributed by atoms with van der Waals surface area (Å²) in [6.45, 7) is 9.35. The molecule has 0 radical (unpaired) electrons. The average Bonchev–Trinajstić information content (AvgIpc) is 3.19. The molecule has 0 saturated carbocycles. The number of anilines is 2. The van der Waals surface area contributed by atoms with Gasteiger partial charge in [0.2, 0.25) is 5.91 Å². The highest BCUT2D eigenvalue weighted by Gasteiger charge is 2.36. The third kappa shape index (κ3) is 7.44. The normalized spacial score (nSPS) is 14.1. The van der Waals surface area contributed by atoms with E-state index in [2.05, 4.69) is 24.1 Å². The van der Waals surface area contributed by atoms with Crippen LogP contribution in [0, 0.1) is 13.8 Å². The molecule has 0 unspecified atom stereocenters. The summed E-state index contributed by atoms with van der Waals surface area (Å²) in [5.41, 5.74) is 4.86. The predicted molar refractivity (Wildman–Crippen MR) is 168 cm³/mol. The average molecular weight is 613 g/mol. The van der Waals surface area contributed by atoms with E-state index in [1.807, 2.05) is 50.2 Å². The van der Waals surface area contributed by atoms with Crippen molar-refractivity contribution in [2.24, 2.45) is 0 Å². The summed E-state index contributed by atoms with van der Waals surface area (Å²) in [6, 6.07) is 16.6. The maximum absolute atomic E-state index is 13.2. The maximum Gasteiger partial charge on any atom is 0.294 e. The van der Waals surface area contributed by atoms with Crippen LogP contribution in [0.2, 0.25) is 10.0 Å². The fourth-order valence-electron chi connectivity index (χ4n) is 4.33. The van der Waals surface area contributed by atoms with Gasteiger partial charge in [-0.25, -0.2) is 0 Å². The van der Waals surface area contributed by atoms with E-state index >= 15 is 0 Å². The first-order chi connectivity index (χ1) is 19.6. The number of amides is 3. The minimum atomic E-state index is -0.532. The molecule has 1 aliphatic heterocycles. The summed E-state index contributed by atoms with van der Waals surface area (Å²) >= 11 is 13.2. The number of imide groups is 1. The molecule has 41 heavy (non-hydrogen) atoms. The molecular weight excluding hydrogens is 581 g/mol. The molecule has 1 saturated heterocycles. The maximum atomic E-state index is 13.2. The Morgan fingerprint density at radius 1 is 1.02 bits per heavy atom. The van der Waals surface area contributed by atoms with E-state index in [9.17, 15) is 14.4 Å². The van der Waals surface area contributed by atoms with E-state index in [1.54, 1.807) is 24.3 Å². The van der Waals surface area contributed by atoms with Crippen molar-refractivity contribution >= 4 is 69.5 Å². The van der Waals surface area contributed by atoms with Crippen molar-refractivity contribution < 1.29 is 19.1 Å². The highest BCUT2D eigenvalue weighted by Crippen LogP contribution is 2.36. The molecule has 0 spiro atoms. The molecule has 10 heteroatoms. The lowest BCUT2D eigenvalue weighted by molar-refractivity contribution is -0.127. The van der Waals surface area contributed by atoms with E-state index in [0.717, 1.165) is 52.1 Å². The SMILES string of the molecule is CCN(CC)c1ccc(/C=C2/SC(=O)N(CC(=O)Nc3cc(C)ccc3C)C2=O)c(OCc2ccc(Cl)cc2Cl)c1. The number of carbonyl (C=O) groups is 3. The minimum Gasteiger partial charge on any atom is -0.488 e. The van der Waals surface area contributed by atoms with E-state index in [0.29, 0.717) is 27.0 Å². The van der Waals surface area contributed by atoms with Crippen LogP contribution in [0.5, 0.6) is 5.75 Å². The van der Waals surface area contributed by atoms with Crippen molar-refractivity contribution in [2.75, 3.05) is 29.9 Å². The topological polar surface area (TPSA) is 79.0 Å². The molecule has 1 fully saturated rings. The first kappa shape index (κ1) is 30.5. The van der Waals surface area contributed by atoms with Crippen molar-refractivity contribution in [1.29, 1.82) is 0 Å². The van der Waals surface area contributed by atoms with E-state index < -0.39 is 17.1 Å². The largest absolute Gasteiger partial charge is 0.488 e. The molecule has 3 amide bonds. The molecule has 1 heterocycles. The zero-order valence-electron chi connectivity index (χ0n) is 23.3. The Balaban J connectivity index is 1.56. The van der Waals surface area contributed by atoms with Crippen molar-refractivity contribution in [3.63, 3.8) is 0 Å². The van der Waals surface area contributed by atoms with Crippen LogP contribution < -0.4 is 15.0 Å². The third-order valence-electron chi connectivity index (χ3n) is 6.65. The Morgan fingerprint density at radius 2 is 1.78 bits per heavy atom. The first-order valence-electron chi connectivity index (χ1n) is 13.2. The molecule has 0 atom stereocenters. The summed E-state index contributed by atoms with van der Waals surface area (Å²) in [5, 5.41) is 3.31. The smallest absolute Gasteiger partial charge is 0.294 e. The fraction of sp³-hybridized carbons (Fsp3) is 0.258. The van der Waals surface area contributed by atoms with Gasteiger partial charge in [0.1, 0.15) is 18.9 Å². The molecule has 0 aromatic heterocycles. The number of rotatable bonds is 10. The zero-order valence-corrected chi connectivity index (χ0v) is 25.6. The first-order valence-corrected chi connectivity index (χ1v) is 14.7. The van der Waals surface area contributed by atoms with Gasteiger partial charge in [-0.1, -0.05) is 41.4 Å². The molecule has 1 aliphatic rings. The molecule has 7 nitrogen and oxygen atoms in total. The van der Waals surface area contributed by atoms with Gasteiger partial charge in [0.05, 0.1) is 4.91 Å². The molecule has 3 aromatic carbocycles. The number of hydrogen-bond donors (Lipinski definition) is 1. The highest BCUT2D eigenvalue weighted by molar-refractivity contribution is 8.18. The van der Waals surface area contributed by atoms with Gasteiger partial charge >= 0.3 is 0 Å². The van der Waals surface area contributed by atoms with E-state index in [4.69, 9.17) is 27.9 Å². The predicted octanol–water partition coefficient (Wildman–Crippen LogP) is 7.71. The van der Waals surface area contributed by atoms with Crippen LogP contribution in [0.4, 0.5) is 16.2 Å². The van der Waals surface area contributed by atoms with Gasteiger partial charge in [0.15, 0.2) is 0 Å². The lowest BCUT2D eigenvalue weighted by Crippen LogP contribution is -2.36. The van der Waals surface area contributed by atoms with E-state index in [1.165, 1.54) is 0 Å². The van der Waals surface area contributed by atoms with Crippen molar-refractivity contribution in [3.05, 3.63) is 91.8 Å². The van der Waals surface area contributed by atoms with Gasteiger partial charge in [0.25, 0.3) is 11.1 Å². The van der Waals surface area contributed by atoms with Gasteiger partial charge in [0, 0.05) is 51.7 Å². The number of nitrogens with zero attached hydrogens (tertiary/aromatic N) is 2. The van der Waals surface area contributed by atoms with Gasteiger partial charge < -0.3 is 15.0 Å². The van der Waals surface area contributed by atoms with Crippen LogP contribution in [0.3, 0.4) is 0 Å². The molecular formula is C31H31Cl2N3O4S. The second-order valence-electron chi connectivity index (χ2n) is 9.55. The Bertz CT molecular complexity index is 1520. The highest BCUT2D eigenvalue weighted by atomic mass is 35.5. The van der Waals surface area contributed by atoms with Crippen LogP contribution in [0.25, 0.3) is 6.08 Å². The number of benzene rings is 3. The number of ether oxygens (including phenoxy) is 1. The summed E-state index contributed by atoms with van der Waals surface area (Å²) in [5.74, 6) is -0.454. The van der Waals surface area contributed by atoms with Gasteiger partial charge in [-0.05, 0) is 87.0 Å². The summed E-state index contributed by atoms with van der Waals surface area (Å²) in [4.78, 5) is 42.1. The molecule has 3 aromatic rings. The second-order valence-corrected chi connectivity index (χ2v) is 11.4. The van der Waals surface area contributed by atoms with Crippen molar-refractivity contribution in [1.82, 2.24) is 4.90 Å². The lowest BCUT2D eigenvalue weighted by Gasteiger charge is -2.22. The second kappa shape index (κ2) is 13.5. The molecule has 0 bridgehead atoms. The van der Waals surface area contributed by atoms with Crippen molar-refractivity contribution in [2.45, 2.75) is 34.3 Å². The van der Waals surface area contributed by atoms with Crippen LogP contribution in [0.15, 0.2) is 59.5 Å². The van der Waals surface area contributed by atoms with Gasteiger partial charge in [-0.3, -0.25) is 19.3 Å². The number of thioether (sulfide) groups is 1.